The number of carbonyl (C=O) groups is 2. The van der Waals surface area contributed by atoms with Crippen LogP contribution in [0.4, 0.5) is 5.69 Å². The molecule has 0 radical (unpaired) electrons. The summed E-state index contributed by atoms with van der Waals surface area (Å²) in [6.45, 7) is 1.96. The Balaban J connectivity index is 1.96. The van der Waals surface area contributed by atoms with Gasteiger partial charge in [-0.2, -0.15) is 0 Å². The molecule has 1 aliphatic rings. The zero-order valence-corrected chi connectivity index (χ0v) is 11.6. The van der Waals surface area contributed by atoms with E-state index >= 15 is 0 Å². The van der Waals surface area contributed by atoms with Crippen molar-refractivity contribution in [3.05, 3.63) is 29.8 Å². The van der Waals surface area contributed by atoms with Crippen LogP contribution in [-0.4, -0.2) is 37.1 Å². The summed E-state index contributed by atoms with van der Waals surface area (Å²) in [6, 6.07) is 6.38. The lowest BCUT2D eigenvalue weighted by Crippen LogP contribution is -2.33. The number of carboxylic acids is 1. The van der Waals surface area contributed by atoms with Crippen LogP contribution in [0.1, 0.15) is 29.6 Å². The maximum Gasteiger partial charge on any atom is 0.335 e. The van der Waals surface area contributed by atoms with E-state index in [1.807, 2.05) is 0 Å². The predicted octanol–water partition coefficient (Wildman–Crippen LogP) is 1.74. The molecule has 5 heteroatoms. The van der Waals surface area contributed by atoms with E-state index in [-0.39, 0.29) is 11.5 Å². The maximum atomic E-state index is 12.2. The summed E-state index contributed by atoms with van der Waals surface area (Å²) < 4.78 is 0. The van der Waals surface area contributed by atoms with E-state index in [2.05, 4.69) is 5.32 Å². The highest BCUT2D eigenvalue weighted by atomic mass is 16.4. The van der Waals surface area contributed by atoms with Crippen LogP contribution >= 0.6 is 0 Å². The number of aromatic carboxylic acids is 1. The second kappa shape index (κ2) is 6.52. The number of nitrogens with zero attached hydrogens (tertiary/aromatic N) is 1. The minimum atomic E-state index is -0.958. The predicted molar refractivity (Wildman–Crippen MR) is 77.0 cm³/mol. The molecule has 1 heterocycles. The van der Waals surface area contributed by atoms with Crippen molar-refractivity contribution >= 4 is 17.6 Å². The molecule has 2 rings (SSSR count). The van der Waals surface area contributed by atoms with Crippen LogP contribution in [0.15, 0.2) is 24.3 Å². The van der Waals surface area contributed by atoms with Gasteiger partial charge in [-0.25, -0.2) is 4.79 Å². The van der Waals surface area contributed by atoms with Gasteiger partial charge in [-0.3, -0.25) is 4.79 Å². The highest BCUT2D eigenvalue weighted by Gasteiger charge is 2.19. The summed E-state index contributed by atoms with van der Waals surface area (Å²) in [6.07, 6.45) is 2.63. The normalized spacial score (nSPS) is 15.8. The van der Waals surface area contributed by atoms with Crippen LogP contribution in [0.5, 0.6) is 0 Å². The van der Waals surface area contributed by atoms with E-state index in [1.54, 1.807) is 24.1 Å². The molecule has 0 bridgehead atoms. The molecule has 0 aliphatic carbocycles. The number of carboxylic acid groups (broad SMARTS) is 1. The molecule has 0 atom stereocenters. The molecule has 1 aromatic carbocycles. The zero-order valence-electron chi connectivity index (χ0n) is 11.6. The third-order valence-electron chi connectivity index (χ3n) is 3.80. The second-order valence-electron chi connectivity index (χ2n) is 5.20. The van der Waals surface area contributed by atoms with Crippen LogP contribution in [-0.2, 0) is 4.79 Å². The first-order valence-corrected chi connectivity index (χ1v) is 6.88. The van der Waals surface area contributed by atoms with Crippen molar-refractivity contribution in [1.29, 1.82) is 0 Å². The summed E-state index contributed by atoms with van der Waals surface area (Å²) in [4.78, 5) is 24.6. The lowest BCUT2D eigenvalue weighted by atomic mass is 9.94. The fourth-order valence-electron chi connectivity index (χ4n) is 2.44. The molecular weight excluding hydrogens is 256 g/mol. The maximum absolute atomic E-state index is 12.2. The Kier molecular flexibility index (Phi) is 4.74. The first-order valence-electron chi connectivity index (χ1n) is 6.88. The lowest BCUT2D eigenvalue weighted by molar-refractivity contribution is -0.119. The summed E-state index contributed by atoms with van der Waals surface area (Å²) in [5.41, 5.74) is 0.960. The Morgan fingerprint density at radius 2 is 1.85 bits per heavy atom. The minimum absolute atomic E-state index is 0.0833. The Bertz CT molecular complexity index is 478. The largest absolute Gasteiger partial charge is 0.478 e. The van der Waals surface area contributed by atoms with Gasteiger partial charge < -0.3 is 15.3 Å². The molecule has 108 valence electrons. The molecule has 1 saturated heterocycles. The van der Waals surface area contributed by atoms with Crippen molar-refractivity contribution in [2.75, 3.05) is 25.0 Å². The number of nitrogens with one attached hydrogen (secondary N) is 1. The highest BCUT2D eigenvalue weighted by molar-refractivity contribution is 5.94. The molecule has 20 heavy (non-hydrogen) atoms. The molecule has 2 N–H and O–H groups in total. The molecule has 1 aromatic rings. The first-order chi connectivity index (χ1) is 9.58. The van der Waals surface area contributed by atoms with Crippen LogP contribution in [0.25, 0.3) is 0 Å². The minimum Gasteiger partial charge on any atom is -0.478 e. The number of carbonyl (C=O) groups excluding carboxylic acids is 1. The van der Waals surface area contributed by atoms with Gasteiger partial charge in [0.15, 0.2) is 0 Å². The van der Waals surface area contributed by atoms with Crippen LogP contribution in [0.2, 0.25) is 0 Å². The Morgan fingerprint density at radius 3 is 2.40 bits per heavy atom. The average molecular weight is 276 g/mol. The SMILES string of the molecule is CN(C(=O)CC1CCNCC1)c1ccc(C(=O)O)cc1. The molecular formula is C15H20N2O3. The van der Waals surface area contributed by atoms with E-state index in [0.29, 0.717) is 12.3 Å². The number of rotatable bonds is 4. The van der Waals surface area contributed by atoms with E-state index in [0.717, 1.165) is 31.6 Å². The molecule has 1 amide bonds. The standard InChI is InChI=1S/C15H20N2O3/c1-17(13-4-2-12(3-5-13)15(19)20)14(18)10-11-6-8-16-9-7-11/h2-5,11,16H,6-10H2,1H3,(H,19,20). The van der Waals surface area contributed by atoms with E-state index in [4.69, 9.17) is 5.11 Å². The summed E-state index contributed by atoms with van der Waals surface area (Å²) in [5, 5.41) is 12.1. The number of benzene rings is 1. The first kappa shape index (κ1) is 14.5. The van der Waals surface area contributed by atoms with Crippen molar-refractivity contribution in [3.8, 4) is 0 Å². The number of hydrogen-bond donors (Lipinski definition) is 2. The van der Waals surface area contributed by atoms with E-state index in [1.165, 1.54) is 12.1 Å². The average Bonchev–Trinajstić information content (AvgIpc) is 2.47. The smallest absolute Gasteiger partial charge is 0.335 e. The monoisotopic (exact) mass is 276 g/mol. The van der Waals surface area contributed by atoms with Gasteiger partial charge in [-0.1, -0.05) is 0 Å². The van der Waals surface area contributed by atoms with Crippen LogP contribution in [0, 0.1) is 5.92 Å². The quantitative estimate of drug-likeness (QED) is 0.879. The van der Waals surface area contributed by atoms with Crippen LogP contribution < -0.4 is 10.2 Å². The molecule has 1 aliphatic heterocycles. The molecule has 5 nitrogen and oxygen atoms in total. The summed E-state index contributed by atoms with van der Waals surface area (Å²) in [5.74, 6) is -0.426. The van der Waals surface area contributed by atoms with Crippen molar-refractivity contribution in [2.45, 2.75) is 19.3 Å². The zero-order chi connectivity index (χ0) is 14.5. The number of piperidine rings is 1. The van der Waals surface area contributed by atoms with Gasteiger partial charge in [-0.15, -0.1) is 0 Å². The van der Waals surface area contributed by atoms with Gasteiger partial charge in [0.1, 0.15) is 0 Å². The molecule has 0 aromatic heterocycles. The Labute approximate surface area is 118 Å². The molecule has 1 fully saturated rings. The Morgan fingerprint density at radius 1 is 1.25 bits per heavy atom. The number of anilines is 1. The summed E-state index contributed by atoms with van der Waals surface area (Å²) in [7, 11) is 1.74. The topological polar surface area (TPSA) is 69.6 Å². The fraction of sp³-hybridized carbons (Fsp3) is 0.467. The third-order valence-corrected chi connectivity index (χ3v) is 3.80. The van der Waals surface area contributed by atoms with Gasteiger partial charge in [0.25, 0.3) is 0 Å². The van der Waals surface area contributed by atoms with E-state index < -0.39 is 5.97 Å². The van der Waals surface area contributed by atoms with E-state index in [9.17, 15) is 9.59 Å². The van der Waals surface area contributed by atoms with Gasteiger partial charge in [-0.05, 0) is 56.1 Å². The van der Waals surface area contributed by atoms with Crippen molar-refractivity contribution in [2.24, 2.45) is 5.92 Å². The van der Waals surface area contributed by atoms with Gasteiger partial charge in [0.2, 0.25) is 5.91 Å². The van der Waals surface area contributed by atoms with Gasteiger partial charge in [0, 0.05) is 19.2 Å². The molecule has 0 unspecified atom stereocenters. The third kappa shape index (κ3) is 3.57. The fourth-order valence-corrected chi connectivity index (χ4v) is 2.44. The highest BCUT2D eigenvalue weighted by Crippen LogP contribution is 2.20. The molecule has 0 saturated carbocycles. The second-order valence-corrected chi connectivity index (χ2v) is 5.20. The van der Waals surface area contributed by atoms with Crippen molar-refractivity contribution < 1.29 is 14.7 Å². The summed E-state index contributed by atoms with van der Waals surface area (Å²) >= 11 is 0. The van der Waals surface area contributed by atoms with Crippen molar-refractivity contribution in [1.82, 2.24) is 5.32 Å². The lowest BCUT2D eigenvalue weighted by Gasteiger charge is -2.25. The van der Waals surface area contributed by atoms with Crippen LogP contribution in [0.3, 0.4) is 0 Å². The Hall–Kier alpha value is -1.88. The number of amides is 1. The van der Waals surface area contributed by atoms with Crippen molar-refractivity contribution in [3.63, 3.8) is 0 Å². The van der Waals surface area contributed by atoms with Gasteiger partial charge >= 0.3 is 5.97 Å². The number of hydrogen-bond acceptors (Lipinski definition) is 3. The van der Waals surface area contributed by atoms with Gasteiger partial charge in [0.05, 0.1) is 5.56 Å². The molecule has 0 spiro atoms.